The molecule has 0 saturated carbocycles. The van der Waals surface area contributed by atoms with Crippen molar-refractivity contribution in [1.82, 2.24) is 9.97 Å². The zero-order chi connectivity index (χ0) is 10.7. The minimum Gasteiger partial charge on any atom is -0.378 e. The van der Waals surface area contributed by atoms with Crippen LogP contribution in [0, 0.1) is 10.1 Å². The molecule has 1 aromatic heterocycles. The first-order valence-electron chi connectivity index (χ1n) is 3.87. The van der Waals surface area contributed by atoms with E-state index in [1.165, 1.54) is 0 Å². The number of aromatic nitrogens is 2. The largest absolute Gasteiger partial charge is 0.378 e. The Labute approximate surface area is 79.5 Å². The molecule has 0 spiro atoms. The van der Waals surface area contributed by atoms with E-state index in [0.717, 1.165) is 0 Å². The van der Waals surface area contributed by atoms with Crippen molar-refractivity contribution in [2.24, 2.45) is 0 Å². The summed E-state index contributed by atoms with van der Waals surface area (Å²) in [6.45, 7) is 2.26. The molecule has 5 N–H and O–H groups in total. The first-order chi connectivity index (χ1) is 6.56. The highest BCUT2D eigenvalue weighted by atomic mass is 16.6. The Bertz CT molecular complexity index is 366. The molecule has 0 aliphatic heterocycles. The second kappa shape index (κ2) is 3.73. The van der Waals surface area contributed by atoms with Crippen molar-refractivity contribution in [3.05, 3.63) is 10.1 Å². The molecule has 14 heavy (non-hydrogen) atoms. The summed E-state index contributed by atoms with van der Waals surface area (Å²) in [7, 11) is 0. The molecule has 8 heteroatoms. The molecular formula is C6H10N6O2. The van der Waals surface area contributed by atoms with E-state index in [2.05, 4.69) is 15.3 Å². The van der Waals surface area contributed by atoms with E-state index >= 15 is 0 Å². The van der Waals surface area contributed by atoms with E-state index in [1.807, 2.05) is 0 Å². The summed E-state index contributed by atoms with van der Waals surface area (Å²) in [5.41, 5.74) is 10.3. The lowest BCUT2D eigenvalue weighted by Crippen LogP contribution is -2.10. The third kappa shape index (κ3) is 1.79. The van der Waals surface area contributed by atoms with E-state index in [4.69, 9.17) is 11.5 Å². The van der Waals surface area contributed by atoms with Crippen LogP contribution in [-0.4, -0.2) is 21.4 Å². The fourth-order valence-corrected chi connectivity index (χ4v) is 0.961. The van der Waals surface area contributed by atoms with Crippen molar-refractivity contribution in [1.29, 1.82) is 0 Å². The fourth-order valence-electron chi connectivity index (χ4n) is 0.961. The Kier molecular flexibility index (Phi) is 2.65. The monoisotopic (exact) mass is 198 g/mol. The lowest BCUT2D eigenvalue weighted by molar-refractivity contribution is -0.383. The van der Waals surface area contributed by atoms with Crippen LogP contribution in [0.5, 0.6) is 0 Å². The molecule has 1 aromatic rings. The van der Waals surface area contributed by atoms with E-state index in [9.17, 15) is 10.1 Å². The molecule has 0 unspecified atom stereocenters. The van der Waals surface area contributed by atoms with Crippen LogP contribution in [0.1, 0.15) is 6.92 Å². The maximum atomic E-state index is 10.6. The summed E-state index contributed by atoms with van der Waals surface area (Å²) < 4.78 is 0. The predicted molar refractivity (Wildman–Crippen MR) is 51.7 cm³/mol. The van der Waals surface area contributed by atoms with Crippen LogP contribution in [0.3, 0.4) is 0 Å². The van der Waals surface area contributed by atoms with Crippen LogP contribution in [0.2, 0.25) is 0 Å². The number of rotatable bonds is 3. The summed E-state index contributed by atoms with van der Waals surface area (Å²) >= 11 is 0. The number of hydrogen-bond donors (Lipinski definition) is 3. The van der Waals surface area contributed by atoms with Crippen LogP contribution in [0.4, 0.5) is 23.3 Å². The van der Waals surface area contributed by atoms with Crippen molar-refractivity contribution < 1.29 is 4.92 Å². The van der Waals surface area contributed by atoms with E-state index in [1.54, 1.807) is 6.92 Å². The summed E-state index contributed by atoms with van der Waals surface area (Å²) in [5, 5.41) is 13.3. The number of nitrogen functional groups attached to an aromatic ring is 2. The average Bonchev–Trinajstić information content (AvgIpc) is 2.01. The summed E-state index contributed by atoms with van der Waals surface area (Å²) in [6, 6.07) is 0. The van der Waals surface area contributed by atoms with Gasteiger partial charge in [-0.1, -0.05) is 0 Å². The topological polar surface area (TPSA) is 133 Å². The maximum Gasteiger partial charge on any atom is 0.353 e. The third-order valence-electron chi connectivity index (χ3n) is 1.46. The van der Waals surface area contributed by atoms with Crippen molar-refractivity contribution in [2.75, 3.05) is 23.3 Å². The van der Waals surface area contributed by atoms with Gasteiger partial charge in [0.25, 0.3) is 0 Å². The van der Waals surface area contributed by atoms with Crippen molar-refractivity contribution in [3.63, 3.8) is 0 Å². The van der Waals surface area contributed by atoms with Crippen LogP contribution < -0.4 is 16.8 Å². The quantitative estimate of drug-likeness (QED) is 0.459. The van der Waals surface area contributed by atoms with Crippen LogP contribution in [0.15, 0.2) is 0 Å². The van der Waals surface area contributed by atoms with Gasteiger partial charge in [0.1, 0.15) is 0 Å². The number of hydrogen-bond acceptors (Lipinski definition) is 7. The smallest absolute Gasteiger partial charge is 0.353 e. The molecule has 0 bridgehead atoms. The number of nitro groups is 1. The van der Waals surface area contributed by atoms with Gasteiger partial charge in [-0.15, -0.1) is 0 Å². The van der Waals surface area contributed by atoms with Crippen molar-refractivity contribution in [2.45, 2.75) is 6.92 Å². The van der Waals surface area contributed by atoms with Crippen LogP contribution in [0.25, 0.3) is 0 Å². The lowest BCUT2D eigenvalue weighted by Gasteiger charge is -2.05. The van der Waals surface area contributed by atoms with Gasteiger partial charge in [-0.25, -0.2) is 0 Å². The highest BCUT2D eigenvalue weighted by molar-refractivity contribution is 5.69. The minimum absolute atomic E-state index is 0.0440. The van der Waals surface area contributed by atoms with Gasteiger partial charge in [0.2, 0.25) is 17.6 Å². The summed E-state index contributed by atoms with van der Waals surface area (Å²) in [4.78, 5) is 17.1. The van der Waals surface area contributed by atoms with Crippen LogP contribution >= 0.6 is 0 Å². The molecule has 0 aliphatic rings. The molecule has 0 fully saturated rings. The molecule has 0 aliphatic carbocycles. The third-order valence-corrected chi connectivity index (χ3v) is 1.46. The number of nitrogens with two attached hydrogens (primary N) is 2. The number of nitrogens with one attached hydrogen (secondary N) is 1. The standard InChI is InChI=1S/C6H10N6O2/c1-2-9-5-3(12(13)14)4(7)10-6(8)11-5/h2H2,1H3,(H5,7,8,9,10,11). The van der Waals surface area contributed by atoms with Gasteiger partial charge < -0.3 is 16.8 Å². The minimum atomic E-state index is -0.646. The molecule has 0 saturated heterocycles. The molecule has 0 aromatic carbocycles. The molecule has 76 valence electrons. The van der Waals surface area contributed by atoms with Gasteiger partial charge >= 0.3 is 5.69 Å². The highest BCUT2D eigenvalue weighted by Gasteiger charge is 2.21. The second-order valence-electron chi connectivity index (χ2n) is 2.45. The van der Waals surface area contributed by atoms with E-state index in [-0.39, 0.29) is 23.3 Å². The predicted octanol–water partition coefficient (Wildman–Crippen LogP) is -0.0190. The van der Waals surface area contributed by atoms with Gasteiger partial charge in [0.05, 0.1) is 4.92 Å². The zero-order valence-corrected chi connectivity index (χ0v) is 7.52. The molecule has 1 heterocycles. The molecule has 0 radical (unpaired) electrons. The SMILES string of the molecule is CCNc1nc(N)nc(N)c1[N+](=O)[O-]. The normalized spacial score (nSPS) is 9.79. The zero-order valence-electron chi connectivity index (χ0n) is 7.52. The van der Waals surface area contributed by atoms with Gasteiger partial charge in [-0.3, -0.25) is 10.1 Å². The first-order valence-corrected chi connectivity index (χ1v) is 3.87. The Morgan fingerprint density at radius 3 is 2.64 bits per heavy atom. The van der Waals surface area contributed by atoms with Crippen molar-refractivity contribution in [3.8, 4) is 0 Å². The Morgan fingerprint density at radius 1 is 1.50 bits per heavy atom. The Morgan fingerprint density at radius 2 is 2.14 bits per heavy atom. The number of anilines is 3. The molecular weight excluding hydrogens is 188 g/mol. The Balaban J connectivity index is 3.28. The lowest BCUT2D eigenvalue weighted by atomic mass is 10.4. The molecule has 0 atom stereocenters. The molecule has 8 nitrogen and oxygen atoms in total. The van der Waals surface area contributed by atoms with Crippen LogP contribution in [-0.2, 0) is 0 Å². The first kappa shape index (κ1) is 9.96. The fraction of sp³-hybridized carbons (Fsp3) is 0.333. The van der Waals surface area contributed by atoms with Gasteiger partial charge in [-0.05, 0) is 6.92 Å². The molecule has 1 rings (SSSR count). The highest BCUT2D eigenvalue weighted by Crippen LogP contribution is 2.27. The summed E-state index contributed by atoms with van der Waals surface area (Å²) in [6.07, 6.45) is 0. The van der Waals surface area contributed by atoms with Gasteiger partial charge in [0, 0.05) is 6.54 Å². The van der Waals surface area contributed by atoms with Crippen molar-refractivity contribution >= 4 is 23.3 Å². The van der Waals surface area contributed by atoms with E-state index in [0.29, 0.717) is 6.54 Å². The second-order valence-corrected chi connectivity index (χ2v) is 2.45. The van der Waals surface area contributed by atoms with Gasteiger partial charge in [-0.2, -0.15) is 9.97 Å². The average molecular weight is 198 g/mol. The van der Waals surface area contributed by atoms with Gasteiger partial charge in [0.15, 0.2) is 0 Å². The Hall–Kier alpha value is -2.12. The number of nitrogens with zero attached hydrogens (tertiary/aromatic N) is 3. The van der Waals surface area contributed by atoms with E-state index < -0.39 is 4.92 Å². The summed E-state index contributed by atoms with van der Waals surface area (Å²) in [5.74, 6) is -0.287. The maximum absolute atomic E-state index is 10.6. The molecule has 0 amide bonds.